The van der Waals surface area contributed by atoms with Crippen LogP contribution in [0.5, 0.6) is 0 Å². The summed E-state index contributed by atoms with van der Waals surface area (Å²) in [5, 5.41) is 11.7. The summed E-state index contributed by atoms with van der Waals surface area (Å²) < 4.78 is 7.03. The van der Waals surface area contributed by atoms with E-state index in [1.54, 1.807) is 16.5 Å². The molecule has 1 aromatic carbocycles. The highest BCUT2D eigenvalue weighted by atomic mass is 32.1. The van der Waals surface area contributed by atoms with Crippen molar-refractivity contribution in [3.05, 3.63) is 66.6 Å². The number of nitrogens with zero attached hydrogens (tertiary/aromatic N) is 4. The lowest BCUT2D eigenvalue weighted by molar-refractivity contribution is -0.384. The molecular weight excluding hydrogens is 456 g/mol. The molecule has 0 saturated carbocycles. The van der Waals surface area contributed by atoms with E-state index in [2.05, 4.69) is 11.9 Å². The van der Waals surface area contributed by atoms with E-state index >= 15 is 0 Å². The molecule has 1 aliphatic heterocycles. The summed E-state index contributed by atoms with van der Waals surface area (Å²) in [6, 6.07) is 5.85. The number of rotatable bonds is 5. The van der Waals surface area contributed by atoms with Crippen LogP contribution >= 0.6 is 11.3 Å². The van der Waals surface area contributed by atoms with E-state index < -0.39 is 10.9 Å². The van der Waals surface area contributed by atoms with Crippen LogP contribution in [-0.4, -0.2) is 33.4 Å². The molecule has 10 heteroatoms. The Labute approximate surface area is 200 Å². The van der Waals surface area contributed by atoms with Crippen molar-refractivity contribution >= 4 is 33.6 Å². The first-order valence-corrected chi connectivity index (χ1v) is 12.5. The number of nitro groups is 1. The second-order valence-corrected chi connectivity index (χ2v) is 10.2. The van der Waals surface area contributed by atoms with Gasteiger partial charge >= 0.3 is 5.97 Å². The summed E-state index contributed by atoms with van der Waals surface area (Å²) >= 11 is 1.51. The minimum absolute atomic E-state index is 0.102. The Morgan fingerprint density at radius 3 is 2.76 bits per heavy atom. The van der Waals surface area contributed by atoms with Gasteiger partial charge in [0.2, 0.25) is 0 Å². The van der Waals surface area contributed by atoms with Gasteiger partial charge in [-0.3, -0.25) is 19.3 Å². The first-order chi connectivity index (χ1) is 16.4. The number of thiazole rings is 1. The summed E-state index contributed by atoms with van der Waals surface area (Å²) in [5.74, 6) is -0.0838. The second kappa shape index (κ2) is 9.17. The number of benzene rings is 1. The molecule has 1 fully saturated rings. The zero-order valence-corrected chi connectivity index (χ0v) is 19.8. The number of nitro benzene ring substituents is 1. The Balaban J connectivity index is 1.33. The number of hydrogen-bond acceptors (Lipinski definition) is 8. The normalized spacial score (nSPS) is 16.4. The Hall–Kier alpha value is -3.27. The molecule has 34 heavy (non-hydrogen) atoms. The third-order valence-electron chi connectivity index (χ3n) is 6.70. The average Bonchev–Trinajstić information content (AvgIpc) is 3.21. The molecular formula is C24H26N4O5S. The predicted molar refractivity (Wildman–Crippen MR) is 129 cm³/mol. The summed E-state index contributed by atoms with van der Waals surface area (Å²) in [5.41, 5.74) is 1.76. The van der Waals surface area contributed by atoms with E-state index in [4.69, 9.17) is 4.74 Å². The molecule has 2 aromatic heterocycles. The van der Waals surface area contributed by atoms with Crippen molar-refractivity contribution in [2.75, 3.05) is 18.0 Å². The zero-order valence-electron chi connectivity index (χ0n) is 19.0. The molecule has 178 valence electrons. The molecule has 2 aliphatic rings. The van der Waals surface area contributed by atoms with Crippen LogP contribution in [0.3, 0.4) is 0 Å². The largest absolute Gasteiger partial charge is 0.456 e. The van der Waals surface area contributed by atoms with Crippen LogP contribution in [0.15, 0.2) is 29.1 Å². The van der Waals surface area contributed by atoms with Gasteiger partial charge in [-0.15, -0.1) is 11.3 Å². The Bertz CT molecular complexity index is 1320. The van der Waals surface area contributed by atoms with Gasteiger partial charge in [0.05, 0.1) is 16.2 Å². The van der Waals surface area contributed by atoms with Crippen LogP contribution in [0.1, 0.15) is 59.2 Å². The van der Waals surface area contributed by atoms with Gasteiger partial charge in [0.1, 0.15) is 12.3 Å². The van der Waals surface area contributed by atoms with Crippen LogP contribution in [-0.2, 0) is 24.2 Å². The van der Waals surface area contributed by atoms with Crippen molar-refractivity contribution in [3.63, 3.8) is 0 Å². The van der Waals surface area contributed by atoms with Gasteiger partial charge in [0.25, 0.3) is 11.2 Å². The van der Waals surface area contributed by atoms with Gasteiger partial charge in [0, 0.05) is 35.8 Å². The smallest absolute Gasteiger partial charge is 0.338 e. The lowest BCUT2D eigenvalue weighted by Crippen LogP contribution is -2.33. The maximum atomic E-state index is 12.7. The number of hydrogen-bond donors (Lipinski definition) is 0. The van der Waals surface area contributed by atoms with Gasteiger partial charge in [-0.05, 0) is 56.6 Å². The van der Waals surface area contributed by atoms with Crippen molar-refractivity contribution in [3.8, 4) is 0 Å². The van der Waals surface area contributed by atoms with Crippen LogP contribution in [0.2, 0.25) is 0 Å². The first-order valence-electron chi connectivity index (χ1n) is 11.6. The SMILES string of the molecule is CC1CCN(c2ccc(C(=O)OCc3cc(=O)n4c5c(sc4n3)CCCC5)cc2[N+](=O)[O-])CC1. The molecule has 9 nitrogen and oxygen atoms in total. The van der Waals surface area contributed by atoms with E-state index in [0.717, 1.165) is 57.3 Å². The van der Waals surface area contributed by atoms with Crippen molar-refractivity contribution in [1.29, 1.82) is 0 Å². The van der Waals surface area contributed by atoms with Crippen molar-refractivity contribution < 1.29 is 14.5 Å². The number of aryl methyl sites for hydroxylation is 2. The molecule has 0 radical (unpaired) electrons. The van der Waals surface area contributed by atoms with Crippen molar-refractivity contribution in [2.24, 2.45) is 5.92 Å². The predicted octanol–water partition coefficient (Wildman–Crippen LogP) is 4.14. The first kappa shape index (κ1) is 22.5. The molecule has 0 spiro atoms. The van der Waals surface area contributed by atoms with Crippen LogP contribution in [0.25, 0.3) is 4.96 Å². The van der Waals surface area contributed by atoms with E-state index in [-0.39, 0.29) is 23.4 Å². The van der Waals surface area contributed by atoms with Gasteiger partial charge < -0.3 is 9.64 Å². The molecule has 1 aliphatic carbocycles. The average molecular weight is 483 g/mol. The van der Waals surface area contributed by atoms with Gasteiger partial charge in [0.15, 0.2) is 4.96 Å². The number of carbonyl (C=O) groups is 1. The maximum absolute atomic E-state index is 12.7. The number of aromatic nitrogens is 2. The third kappa shape index (κ3) is 4.29. The lowest BCUT2D eigenvalue weighted by atomic mass is 9.98. The van der Waals surface area contributed by atoms with Crippen LogP contribution < -0.4 is 10.5 Å². The van der Waals surface area contributed by atoms with Crippen molar-refractivity contribution in [2.45, 2.75) is 52.1 Å². The zero-order chi connectivity index (χ0) is 23.8. The highest BCUT2D eigenvalue weighted by Gasteiger charge is 2.25. The fourth-order valence-corrected chi connectivity index (χ4v) is 5.98. The molecule has 0 bridgehead atoms. The van der Waals surface area contributed by atoms with Crippen LogP contribution in [0.4, 0.5) is 11.4 Å². The number of piperidine rings is 1. The number of carbonyl (C=O) groups excluding carboxylic acids is 1. The second-order valence-electron chi connectivity index (χ2n) is 9.09. The molecule has 0 N–H and O–H groups in total. The molecule has 0 amide bonds. The summed E-state index contributed by atoms with van der Waals surface area (Å²) in [6.07, 6.45) is 5.96. The Morgan fingerprint density at radius 1 is 1.24 bits per heavy atom. The quantitative estimate of drug-likeness (QED) is 0.306. The Morgan fingerprint density at radius 2 is 2.00 bits per heavy atom. The van der Waals surface area contributed by atoms with Crippen molar-refractivity contribution in [1.82, 2.24) is 9.38 Å². The fourth-order valence-electron chi connectivity index (χ4n) is 4.75. The standard InChI is InChI=1S/C24H26N4O5S/c1-15-8-10-26(11-9-15)18-7-6-16(12-20(18)28(31)32)23(30)33-14-17-13-22(29)27-19-4-2-3-5-21(19)34-24(27)25-17/h6-7,12-13,15H,2-5,8-11,14H2,1H3. The van der Waals surface area contributed by atoms with E-state index in [9.17, 15) is 19.7 Å². The fraction of sp³-hybridized carbons (Fsp3) is 0.458. The highest BCUT2D eigenvalue weighted by molar-refractivity contribution is 7.17. The van der Waals surface area contributed by atoms with Gasteiger partial charge in [-0.25, -0.2) is 9.78 Å². The highest BCUT2D eigenvalue weighted by Crippen LogP contribution is 2.33. The monoisotopic (exact) mass is 482 g/mol. The number of esters is 1. The molecule has 3 aromatic rings. The molecule has 1 saturated heterocycles. The summed E-state index contributed by atoms with van der Waals surface area (Å²) in [4.78, 5) is 44.9. The number of fused-ring (bicyclic) bond motifs is 3. The number of anilines is 1. The Kier molecular flexibility index (Phi) is 6.07. The van der Waals surface area contributed by atoms with Crippen LogP contribution in [0, 0.1) is 16.0 Å². The van der Waals surface area contributed by atoms with E-state index in [0.29, 0.717) is 22.3 Å². The number of ether oxygens (including phenoxy) is 1. The minimum Gasteiger partial charge on any atom is -0.456 e. The molecule has 5 rings (SSSR count). The maximum Gasteiger partial charge on any atom is 0.338 e. The topological polar surface area (TPSA) is 107 Å². The summed E-state index contributed by atoms with van der Waals surface area (Å²) in [6.45, 7) is 3.51. The van der Waals surface area contributed by atoms with E-state index in [1.165, 1.54) is 28.3 Å². The molecule has 0 atom stereocenters. The van der Waals surface area contributed by atoms with E-state index in [1.807, 2.05) is 4.90 Å². The van der Waals surface area contributed by atoms with Gasteiger partial charge in [-0.2, -0.15) is 0 Å². The van der Waals surface area contributed by atoms with Gasteiger partial charge in [-0.1, -0.05) is 6.92 Å². The third-order valence-corrected chi connectivity index (χ3v) is 7.84. The molecule has 3 heterocycles. The molecule has 0 unspecified atom stereocenters. The minimum atomic E-state index is -0.686. The summed E-state index contributed by atoms with van der Waals surface area (Å²) in [7, 11) is 0. The lowest BCUT2D eigenvalue weighted by Gasteiger charge is -2.31.